The van der Waals surface area contributed by atoms with Crippen LogP contribution in [0, 0.1) is 0 Å². The molecule has 3 rings (SSSR count). The summed E-state index contributed by atoms with van der Waals surface area (Å²) in [5.41, 5.74) is 6.27. The van der Waals surface area contributed by atoms with Gasteiger partial charge in [-0.2, -0.15) is 0 Å². The van der Waals surface area contributed by atoms with Crippen LogP contribution in [-0.2, 0) is 0 Å². The summed E-state index contributed by atoms with van der Waals surface area (Å²) in [7, 11) is 0. The van der Waals surface area contributed by atoms with Crippen molar-refractivity contribution >= 4 is 75.9 Å². The molecule has 25 heavy (non-hydrogen) atoms. The second-order valence-electron chi connectivity index (χ2n) is 5.03. The van der Waals surface area contributed by atoms with Crippen molar-refractivity contribution < 1.29 is 14.7 Å². The molecular formula is C16H11Br2N3O3S. The summed E-state index contributed by atoms with van der Waals surface area (Å²) in [6, 6.07) is 9.60. The minimum atomic E-state index is -0.664. The first-order valence-electron chi connectivity index (χ1n) is 6.94. The summed E-state index contributed by atoms with van der Waals surface area (Å²) in [5.74, 6) is -0.626. The molecule has 0 bridgehead atoms. The molecule has 5 N–H and O–H groups in total. The van der Waals surface area contributed by atoms with E-state index in [0.29, 0.717) is 25.2 Å². The quantitative estimate of drug-likeness (QED) is 0.426. The number of fused-ring (bicyclic) bond motifs is 1. The number of phenolic OH excluding ortho intramolecular Hbond substituents is 1. The smallest absolute Gasteiger partial charge is 0.324 e. The van der Waals surface area contributed by atoms with E-state index in [1.807, 2.05) is 0 Å². The van der Waals surface area contributed by atoms with Crippen LogP contribution in [0.4, 0.5) is 15.5 Å². The lowest BCUT2D eigenvalue weighted by Gasteiger charge is -2.07. The second-order valence-corrected chi connectivity index (χ2v) is 7.76. The fourth-order valence-electron chi connectivity index (χ4n) is 2.25. The Balaban J connectivity index is 1.93. The van der Waals surface area contributed by atoms with Gasteiger partial charge in [0.25, 0.3) is 5.91 Å². The largest absolute Gasteiger partial charge is 0.507 e. The monoisotopic (exact) mass is 483 g/mol. The Bertz CT molecular complexity index is 986. The fourth-order valence-corrected chi connectivity index (χ4v) is 4.24. The number of hydrogen-bond acceptors (Lipinski definition) is 4. The topological polar surface area (TPSA) is 104 Å². The molecule has 0 radical (unpaired) electrons. The Labute approximate surface area is 163 Å². The van der Waals surface area contributed by atoms with E-state index in [1.165, 1.54) is 6.07 Å². The molecule has 0 aliphatic rings. The number of halogens is 2. The van der Waals surface area contributed by atoms with Crippen LogP contribution in [0.1, 0.15) is 10.4 Å². The van der Waals surface area contributed by atoms with Crippen molar-refractivity contribution in [3.63, 3.8) is 0 Å². The Kier molecular flexibility index (Phi) is 4.98. The Morgan fingerprint density at radius 3 is 2.36 bits per heavy atom. The van der Waals surface area contributed by atoms with E-state index in [9.17, 15) is 14.7 Å². The van der Waals surface area contributed by atoms with Gasteiger partial charge in [-0.3, -0.25) is 10.1 Å². The lowest BCUT2D eigenvalue weighted by atomic mass is 10.1. The van der Waals surface area contributed by atoms with Gasteiger partial charge in [0.15, 0.2) is 0 Å². The highest BCUT2D eigenvalue weighted by Crippen LogP contribution is 2.43. The van der Waals surface area contributed by atoms with Crippen LogP contribution >= 0.6 is 43.2 Å². The van der Waals surface area contributed by atoms with E-state index in [1.54, 1.807) is 30.3 Å². The third kappa shape index (κ3) is 3.63. The maximum atomic E-state index is 12.2. The van der Waals surface area contributed by atoms with Crippen LogP contribution in [-0.4, -0.2) is 17.0 Å². The number of rotatable bonds is 3. The first-order chi connectivity index (χ1) is 11.9. The minimum absolute atomic E-state index is 0.0376. The Morgan fingerprint density at radius 1 is 1.04 bits per heavy atom. The SMILES string of the molecule is NC(=O)c1c(NC(=O)Nc2ccc(Br)cc2)sc2c(Br)c(O)ccc12. The van der Waals surface area contributed by atoms with Crippen LogP contribution in [0.25, 0.3) is 10.1 Å². The van der Waals surface area contributed by atoms with Gasteiger partial charge in [-0.1, -0.05) is 15.9 Å². The fraction of sp³-hybridized carbons (Fsp3) is 0. The van der Waals surface area contributed by atoms with Crippen molar-refractivity contribution in [1.82, 2.24) is 0 Å². The molecule has 128 valence electrons. The highest BCUT2D eigenvalue weighted by Gasteiger charge is 2.21. The van der Waals surface area contributed by atoms with Crippen LogP contribution < -0.4 is 16.4 Å². The molecule has 1 heterocycles. The van der Waals surface area contributed by atoms with E-state index in [2.05, 4.69) is 42.5 Å². The predicted molar refractivity (Wildman–Crippen MR) is 106 cm³/mol. The second kappa shape index (κ2) is 7.03. The maximum Gasteiger partial charge on any atom is 0.324 e. The molecule has 0 atom stereocenters. The van der Waals surface area contributed by atoms with Crippen molar-refractivity contribution in [3.05, 3.63) is 50.9 Å². The maximum absolute atomic E-state index is 12.2. The van der Waals surface area contributed by atoms with Crippen molar-refractivity contribution in [2.45, 2.75) is 0 Å². The third-order valence-electron chi connectivity index (χ3n) is 3.35. The van der Waals surface area contributed by atoms with E-state index in [-0.39, 0.29) is 11.3 Å². The summed E-state index contributed by atoms with van der Waals surface area (Å²) >= 11 is 7.75. The van der Waals surface area contributed by atoms with Gasteiger partial charge in [0, 0.05) is 15.5 Å². The first-order valence-corrected chi connectivity index (χ1v) is 9.34. The molecule has 1 aromatic heterocycles. The zero-order chi connectivity index (χ0) is 18.1. The van der Waals surface area contributed by atoms with Crippen LogP contribution in [0.3, 0.4) is 0 Å². The standard InChI is InChI=1S/C16H11Br2N3O3S/c17-7-1-3-8(4-2-7)20-16(24)21-15-11(14(19)23)9-5-6-10(22)12(18)13(9)25-15/h1-6,22H,(H2,19,23)(H2,20,21,24). The number of amides is 3. The van der Waals surface area contributed by atoms with Crippen LogP contribution in [0.5, 0.6) is 5.75 Å². The average Bonchev–Trinajstić information content (AvgIpc) is 2.92. The highest BCUT2D eigenvalue weighted by atomic mass is 79.9. The first kappa shape index (κ1) is 17.7. The van der Waals surface area contributed by atoms with Gasteiger partial charge in [0.2, 0.25) is 0 Å². The number of phenols is 1. The zero-order valence-electron chi connectivity index (χ0n) is 12.5. The van der Waals surface area contributed by atoms with E-state index in [0.717, 1.165) is 15.8 Å². The molecule has 0 unspecified atom stereocenters. The third-order valence-corrected chi connectivity index (χ3v) is 6.09. The van der Waals surface area contributed by atoms with Crippen molar-refractivity contribution in [2.75, 3.05) is 10.6 Å². The number of nitrogens with one attached hydrogen (secondary N) is 2. The molecule has 3 amide bonds. The number of nitrogens with two attached hydrogens (primary N) is 1. The lowest BCUT2D eigenvalue weighted by molar-refractivity contribution is 0.100. The molecule has 0 spiro atoms. The van der Waals surface area contributed by atoms with E-state index >= 15 is 0 Å². The van der Waals surface area contributed by atoms with Gasteiger partial charge in [0.05, 0.1) is 14.7 Å². The average molecular weight is 485 g/mol. The number of aromatic hydroxyl groups is 1. The molecular weight excluding hydrogens is 474 g/mol. The summed E-state index contributed by atoms with van der Waals surface area (Å²) in [5, 5.41) is 16.0. The summed E-state index contributed by atoms with van der Waals surface area (Å²) in [6.07, 6.45) is 0. The van der Waals surface area contributed by atoms with Gasteiger partial charge in [0.1, 0.15) is 10.8 Å². The molecule has 0 saturated heterocycles. The Morgan fingerprint density at radius 2 is 1.72 bits per heavy atom. The van der Waals surface area contributed by atoms with Crippen LogP contribution in [0.15, 0.2) is 45.3 Å². The Hall–Kier alpha value is -2.10. The predicted octanol–water partition coefficient (Wildman–Crippen LogP) is 4.87. The molecule has 0 aliphatic carbocycles. The molecule has 0 fully saturated rings. The van der Waals surface area contributed by atoms with Gasteiger partial charge in [-0.05, 0) is 52.3 Å². The number of carbonyl (C=O) groups is 2. The number of carbonyl (C=O) groups excluding carboxylic acids is 2. The van der Waals surface area contributed by atoms with Crippen molar-refractivity contribution in [2.24, 2.45) is 5.73 Å². The molecule has 3 aromatic rings. The molecule has 0 saturated carbocycles. The summed E-state index contributed by atoms with van der Waals surface area (Å²) in [4.78, 5) is 24.1. The number of anilines is 2. The number of benzene rings is 2. The number of thiophene rings is 1. The highest BCUT2D eigenvalue weighted by molar-refractivity contribution is 9.11. The van der Waals surface area contributed by atoms with Crippen molar-refractivity contribution in [1.29, 1.82) is 0 Å². The normalized spacial score (nSPS) is 10.6. The van der Waals surface area contributed by atoms with Gasteiger partial charge < -0.3 is 16.2 Å². The number of primary amides is 1. The van der Waals surface area contributed by atoms with Gasteiger partial charge in [-0.15, -0.1) is 11.3 Å². The lowest BCUT2D eigenvalue weighted by Crippen LogP contribution is -2.21. The van der Waals surface area contributed by atoms with Crippen LogP contribution in [0.2, 0.25) is 0 Å². The zero-order valence-corrected chi connectivity index (χ0v) is 16.5. The summed E-state index contributed by atoms with van der Waals surface area (Å²) < 4.78 is 1.95. The van der Waals surface area contributed by atoms with Gasteiger partial charge in [-0.25, -0.2) is 4.79 Å². The van der Waals surface area contributed by atoms with Crippen molar-refractivity contribution in [3.8, 4) is 5.75 Å². The summed E-state index contributed by atoms with van der Waals surface area (Å²) in [6.45, 7) is 0. The number of hydrogen-bond donors (Lipinski definition) is 4. The van der Waals surface area contributed by atoms with E-state index < -0.39 is 11.9 Å². The molecule has 9 heteroatoms. The molecule has 0 aliphatic heterocycles. The number of urea groups is 1. The molecule has 6 nitrogen and oxygen atoms in total. The minimum Gasteiger partial charge on any atom is -0.507 e. The van der Waals surface area contributed by atoms with Gasteiger partial charge >= 0.3 is 6.03 Å². The molecule has 2 aromatic carbocycles. The van der Waals surface area contributed by atoms with E-state index in [4.69, 9.17) is 5.73 Å².